The van der Waals surface area contributed by atoms with Gasteiger partial charge in [0, 0.05) is 22.7 Å². The van der Waals surface area contributed by atoms with Crippen LogP contribution in [0.3, 0.4) is 0 Å². The average Bonchev–Trinajstić information content (AvgIpc) is 3.13. The fraction of sp³-hybridized carbons (Fsp3) is 0.0638. The Hall–Kier alpha value is -5.92. The summed E-state index contributed by atoms with van der Waals surface area (Å²) in [6.45, 7) is 4.49. The van der Waals surface area contributed by atoms with Crippen LogP contribution in [0.25, 0.3) is 32.7 Å². The number of hydrogen-bond donors (Lipinski definition) is 0. The number of fused-ring (bicyclic) bond motifs is 2. The molecule has 0 radical (unpaired) electrons. The Balaban J connectivity index is 1.21. The minimum absolute atomic E-state index is 0.133. The summed E-state index contributed by atoms with van der Waals surface area (Å²) in [4.78, 5) is 2.38. The van der Waals surface area contributed by atoms with E-state index in [0.717, 1.165) is 11.4 Å². The van der Waals surface area contributed by atoms with Crippen LogP contribution in [0, 0.1) is 13.8 Å². The molecule has 8 rings (SSSR count). The Morgan fingerprint density at radius 2 is 0.958 bits per heavy atom. The van der Waals surface area contributed by atoms with Gasteiger partial charge < -0.3 is 4.90 Å². The van der Waals surface area contributed by atoms with Gasteiger partial charge in [-0.2, -0.15) is 0 Å². The summed E-state index contributed by atoms with van der Waals surface area (Å²) in [5, 5.41) is 5.04. The molecule has 1 nitrogen and oxygen atoms in total. The molecular weight excluding hydrogens is 579 g/mol. The molecule has 0 bridgehead atoms. The highest BCUT2D eigenvalue weighted by atomic mass is 15.1. The van der Waals surface area contributed by atoms with Gasteiger partial charge in [0.25, 0.3) is 0 Å². The molecule has 0 N–H and O–H groups in total. The third-order valence-corrected chi connectivity index (χ3v) is 9.63. The van der Waals surface area contributed by atoms with Crippen molar-refractivity contribution in [3.8, 4) is 11.1 Å². The first-order valence-corrected chi connectivity index (χ1v) is 16.7. The zero-order valence-electron chi connectivity index (χ0n) is 27.3. The minimum atomic E-state index is 0.133. The summed E-state index contributed by atoms with van der Waals surface area (Å²) in [5.74, 6) is 0.133. The van der Waals surface area contributed by atoms with Crippen molar-refractivity contribution in [3.05, 3.63) is 210 Å². The van der Waals surface area contributed by atoms with Gasteiger partial charge in [0.15, 0.2) is 0 Å². The molecule has 1 unspecified atom stereocenters. The number of anilines is 3. The second-order valence-electron chi connectivity index (χ2n) is 12.7. The van der Waals surface area contributed by atoms with E-state index in [2.05, 4.69) is 201 Å². The second-order valence-corrected chi connectivity index (χ2v) is 12.7. The van der Waals surface area contributed by atoms with Crippen molar-refractivity contribution >= 4 is 38.6 Å². The van der Waals surface area contributed by atoms with Crippen molar-refractivity contribution in [3.63, 3.8) is 0 Å². The van der Waals surface area contributed by atoms with E-state index in [1.54, 1.807) is 0 Å². The molecule has 8 aromatic carbocycles. The molecule has 0 saturated heterocycles. The Morgan fingerprint density at radius 1 is 0.396 bits per heavy atom. The second kappa shape index (κ2) is 12.7. The van der Waals surface area contributed by atoms with Gasteiger partial charge in [-0.15, -0.1) is 0 Å². The third-order valence-electron chi connectivity index (χ3n) is 9.63. The van der Waals surface area contributed by atoms with E-state index in [-0.39, 0.29) is 5.92 Å². The first-order valence-electron chi connectivity index (χ1n) is 16.7. The van der Waals surface area contributed by atoms with Crippen molar-refractivity contribution in [2.24, 2.45) is 0 Å². The van der Waals surface area contributed by atoms with Crippen LogP contribution >= 0.6 is 0 Å². The highest BCUT2D eigenvalue weighted by Gasteiger charge is 2.21. The van der Waals surface area contributed by atoms with Crippen LogP contribution in [0.5, 0.6) is 0 Å². The van der Waals surface area contributed by atoms with Crippen LogP contribution in [0.1, 0.15) is 33.7 Å². The molecule has 0 aromatic heterocycles. The van der Waals surface area contributed by atoms with E-state index in [4.69, 9.17) is 0 Å². The predicted octanol–water partition coefficient (Wildman–Crippen LogP) is 12.9. The van der Waals surface area contributed by atoms with E-state index in [9.17, 15) is 0 Å². The Kier molecular flexibility index (Phi) is 7.80. The van der Waals surface area contributed by atoms with E-state index in [0.29, 0.717) is 0 Å². The smallest absolute Gasteiger partial charge is 0.0540 e. The summed E-state index contributed by atoms with van der Waals surface area (Å²) in [6.07, 6.45) is 0. The number of nitrogens with zero attached hydrogens (tertiary/aromatic N) is 1. The molecule has 230 valence electrons. The first kappa shape index (κ1) is 29.5. The lowest BCUT2D eigenvalue weighted by atomic mass is 9.81. The molecule has 0 amide bonds. The van der Waals surface area contributed by atoms with Crippen LogP contribution in [0.15, 0.2) is 182 Å². The molecular formula is C47H37N. The van der Waals surface area contributed by atoms with Gasteiger partial charge in [-0.25, -0.2) is 0 Å². The van der Waals surface area contributed by atoms with Gasteiger partial charge in [0.05, 0.1) is 5.69 Å². The molecule has 48 heavy (non-hydrogen) atoms. The topological polar surface area (TPSA) is 3.24 Å². The largest absolute Gasteiger partial charge is 0.310 e. The first-order chi connectivity index (χ1) is 23.7. The highest BCUT2D eigenvalue weighted by molar-refractivity contribution is 5.99. The molecule has 0 aliphatic rings. The quantitative estimate of drug-likeness (QED) is 0.161. The van der Waals surface area contributed by atoms with Crippen molar-refractivity contribution in [2.75, 3.05) is 4.90 Å². The summed E-state index contributed by atoms with van der Waals surface area (Å²) >= 11 is 0. The lowest BCUT2D eigenvalue weighted by Crippen LogP contribution is -2.10. The monoisotopic (exact) mass is 615 g/mol. The van der Waals surface area contributed by atoms with Crippen LogP contribution in [0.4, 0.5) is 17.1 Å². The molecule has 1 heteroatoms. The van der Waals surface area contributed by atoms with E-state index in [1.807, 2.05) is 0 Å². The SMILES string of the molecule is Cc1cc(C(c2ccccc2)c2cccc3ccccc23)ccc1-c1ccc(N(c2ccccc2)c2cccc3ccccc23)cc1C. The Bertz CT molecular complexity index is 2190. The van der Waals surface area contributed by atoms with Crippen LogP contribution < -0.4 is 4.90 Å². The van der Waals surface area contributed by atoms with Gasteiger partial charge in [-0.3, -0.25) is 0 Å². The number of hydrogen-bond acceptors (Lipinski definition) is 1. The molecule has 0 spiro atoms. The lowest BCUT2D eigenvalue weighted by Gasteiger charge is -2.28. The van der Waals surface area contributed by atoms with Gasteiger partial charge in [0.1, 0.15) is 0 Å². The average molecular weight is 616 g/mol. The number of aryl methyl sites for hydroxylation is 2. The van der Waals surface area contributed by atoms with Crippen molar-refractivity contribution < 1.29 is 0 Å². The van der Waals surface area contributed by atoms with E-state index >= 15 is 0 Å². The Morgan fingerprint density at radius 3 is 1.67 bits per heavy atom. The van der Waals surface area contributed by atoms with Crippen LogP contribution in [0.2, 0.25) is 0 Å². The fourth-order valence-electron chi connectivity index (χ4n) is 7.36. The molecule has 1 atom stereocenters. The maximum absolute atomic E-state index is 2.40. The minimum Gasteiger partial charge on any atom is -0.310 e. The lowest BCUT2D eigenvalue weighted by molar-refractivity contribution is 0.986. The highest BCUT2D eigenvalue weighted by Crippen LogP contribution is 2.42. The third kappa shape index (κ3) is 5.44. The fourth-order valence-corrected chi connectivity index (χ4v) is 7.36. The number of rotatable bonds is 7. The van der Waals surface area contributed by atoms with Crippen LogP contribution in [-0.4, -0.2) is 0 Å². The molecule has 0 aliphatic carbocycles. The van der Waals surface area contributed by atoms with Gasteiger partial charge in [-0.1, -0.05) is 152 Å². The molecule has 0 saturated carbocycles. The number of para-hydroxylation sites is 1. The van der Waals surface area contributed by atoms with Crippen molar-refractivity contribution in [1.82, 2.24) is 0 Å². The maximum atomic E-state index is 2.40. The van der Waals surface area contributed by atoms with Crippen molar-refractivity contribution in [2.45, 2.75) is 19.8 Å². The van der Waals surface area contributed by atoms with E-state index in [1.165, 1.54) is 66.2 Å². The summed E-state index contributed by atoms with van der Waals surface area (Å²) < 4.78 is 0. The van der Waals surface area contributed by atoms with E-state index < -0.39 is 0 Å². The zero-order chi connectivity index (χ0) is 32.5. The summed E-state index contributed by atoms with van der Waals surface area (Å²) in [6, 6.07) is 66.2. The predicted molar refractivity (Wildman–Crippen MR) is 205 cm³/mol. The van der Waals surface area contributed by atoms with Crippen LogP contribution in [-0.2, 0) is 0 Å². The maximum Gasteiger partial charge on any atom is 0.0540 e. The van der Waals surface area contributed by atoms with Gasteiger partial charge in [0.2, 0.25) is 0 Å². The van der Waals surface area contributed by atoms with Crippen molar-refractivity contribution in [1.29, 1.82) is 0 Å². The summed E-state index contributed by atoms with van der Waals surface area (Å²) in [5.41, 5.74) is 12.5. The molecule has 0 heterocycles. The molecule has 0 fully saturated rings. The van der Waals surface area contributed by atoms with Gasteiger partial charge >= 0.3 is 0 Å². The standard InChI is InChI=1S/C47H37N/c1-33-31-38(47(37-17-5-3-6-18-37)45-25-13-19-35-15-9-11-23-43(35)45)27-29-41(33)42-30-28-40(32-34(42)2)48(39-21-7-4-8-22-39)46-26-14-20-36-16-10-12-24-44(36)46/h3-32,47H,1-2H3. The van der Waals surface area contributed by atoms with Gasteiger partial charge in [-0.05, 0) is 99.3 Å². The normalized spacial score (nSPS) is 11.9. The summed E-state index contributed by atoms with van der Waals surface area (Å²) in [7, 11) is 0. The zero-order valence-corrected chi connectivity index (χ0v) is 27.3. The molecule has 8 aromatic rings. The molecule has 0 aliphatic heterocycles. The Labute approximate surface area is 283 Å². The number of benzene rings is 8.